The van der Waals surface area contributed by atoms with E-state index in [0.29, 0.717) is 12.0 Å². The Balaban J connectivity index is 1.80. The fraction of sp³-hybridized carbons (Fsp3) is 0.261. The van der Waals surface area contributed by atoms with Gasteiger partial charge in [-0.2, -0.15) is 10.4 Å². The van der Waals surface area contributed by atoms with Crippen LogP contribution in [0.3, 0.4) is 0 Å². The van der Waals surface area contributed by atoms with E-state index < -0.39 is 0 Å². The Morgan fingerprint density at radius 3 is 2.62 bits per heavy atom. The number of benzene rings is 2. The Hall–Kier alpha value is -3.43. The second-order valence-electron chi connectivity index (χ2n) is 7.30. The molecule has 0 spiro atoms. The molecule has 1 atom stereocenters. The smallest absolute Gasteiger partial charge is 0.155 e. The predicted octanol–water partition coefficient (Wildman–Crippen LogP) is 3.89. The molecule has 3 aromatic rings. The zero-order valence-corrected chi connectivity index (χ0v) is 16.8. The number of anilines is 1. The van der Waals surface area contributed by atoms with Gasteiger partial charge in [0.2, 0.25) is 0 Å². The maximum absolute atomic E-state index is 12.8. The number of rotatable bonds is 5. The van der Waals surface area contributed by atoms with Gasteiger partial charge < -0.3 is 0 Å². The fourth-order valence-corrected chi connectivity index (χ4v) is 3.86. The average Bonchev–Trinajstić information content (AvgIpc) is 3.28. The summed E-state index contributed by atoms with van der Waals surface area (Å²) in [6.07, 6.45) is 5.25. The number of Topliss-reactive ketones (excluding diaryl/α,β-unsaturated/α-hetero) is 1. The van der Waals surface area contributed by atoms with Crippen LogP contribution in [0.2, 0.25) is 0 Å². The Labute approximate surface area is 170 Å². The van der Waals surface area contributed by atoms with Gasteiger partial charge in [0.15, 0.2) is 5.78 Å². The number of carbonyl (C=O) groups excluding carboxylic acids is 1. The quantitative estimate of drug-likeness (QED) is 0.667. The summed E-state index contributed by atoms with van der Waals surface area (Å²) in [5.41, 5.74) is 4.56. The lowest BCUT2D eigenvalue weighted by Crippen LogP contribution is -2.42. The first-order valence-corrected chi connectivity index (χ1v) is 9.73. The Bertz CT molecular complexity index is 1140. The van der Waals surface area contributed by atoms with Crippen LogP contribution in [0.15, 0.2) is 54.7 Å². The van der Waals surface area contributed by atoms with Crippen molar-refractivity contribution >= 4 is 28.1 Å². The van der Waals surface area contributed by atoms with Gasteiger partial charge in [-0.1, -0.05) is 13.0 Å². The minimum atomic E-state index is -0.315. The van der Waals surface area contributed by atoms with Gasteiger partial charge in [-0.05, 0) is 48.9 Å². The van der Waals surface area contributed by atoms with E-state index >= 15 is 0 Å². The number of hydrogen-bond acceptors (Lipinski definition) is 5. The van der Waals surface area contributed by atoms with Gasteiger partial charge in [0, 0.05) is 31.5 Å². The fourth-order valence-electron chi connectivity index (χ4n) is 3.86. The third-order valence-electron chi connectivity index (χ3n) is 5.37. The molecule has 1 aromatic heterocycles. The number of hydrogen-bond donors (Lipinski definition) is 0. The lowest BCUT2D eigenvalue weighted by atomic mass is 10.0. The van der Waals surface area contributed by atoms with Crippen molar-refractivity contribution in [2.45, 2.75) is 25.8 Å². The number of nitriles is 1. The van der Waals surface area contributed by atoms with E-state index in [2.05, 4.69) is 34.4 Å². The number of hydrazine groups is 1. The van der Waals surface area contributed by atoms with Crippen LogP contribution < -0.4 is 5.01 Å². The van der Waals surface area contributed by atoms with Crippen LogP contribution in [-0.2, 0) is 11.8 Å². The zero-order valence-electron chi connectivity index (χ0n) is 16.8. The van der Waals surface area contributed by atoms with Crippen LogP contribution in [0.5, 0.6) is 0 Å². The molecular formula is C23H23N5O. The SMILES string of the molecule is CCCC(=O)C1C=C(c2ccc3c(cnn3C)c2)N(c2ccc(C#N)cc2)N1C. The first-order chi connectivity index (χ1) is 14.0. The molecule has 0 saturated heterocycles. The van der Waals surface area contributed by atoms with Gasteiger partial charge in [-0.15, -0.1) is 0 Å². The molecule has 6 nitrogen and oxygen atoms in total. The van der Waals surface area contributed by atoms with Gasteiger partial charge in [0.1, 0.15) is 6.04 Å². The van der Waals surface area contributed by atoms with Gasteiger partial charge in [0.05, 0.1) is 34.7 Å². The minimum absolute atomic E-state index is 0.200. The van der Waals surface area contributed by atoms with Crippen LogP contribution >= 0.6 is 0 Å². The molecule has 4 rings (SSSR count). The summed E-state index contributed by atoms with van der Waals surface area (Å²) in [7, 11) is 3.86. The minimum Gasteiger partial charge on any atom is -0.297 e. The molecule has 146 valence electrons. The zero-order chi connectivity index (χ0) is 20.5. The predicted molar refractivity (Wildman–Crippen MR) is 114 cm³/mol. The van der Waals surface area contributed by atoms with E-state index in [0.717, 1.165) is 34.3 Å². The maximum atomic E-state index is 12.8. The summed E-state index contributed by atoms with van der Waals surface area (Å²) in [5, 5.41) is 18.5. The van der Waals surface area contributed by atoms with Crippen molar-refractivity contribution in [3.8, 4) is 6.07 Å². The molecule has 6 heteroatoms. The Morgan fingerprint density at radius 1 is 1.17 bits per heavy atom. The highest BCUT2D eigenvalue weighted by Gasteiger charge is 2.35. The molecule has 1 aliphatic rings. The van der Waals surface area contributed by atoms with Crippen LogP contribution in [0.4, 0.5) is 5.69 Å². The van der Waals surface area contributed by atoms with Gasteiger partial charge in [0.25, 0.3) is 0 Å². The molecule has 1 aliphatic heterocycles. The largest absolute Gasteiger partial charge is 0.297 e. The molecule has 0 aliphatic carbocycles. The van der Waals surface area contributed by atoms with E-state index in [1.54, 1.807) is 12.1 Å². The van der Waals surface area contributed by atoms with Crippen molar-refractivity contribution in [2.75, 3.05) is 12.1 Å². The maximum Gasteiger partial charge on any atom is 0.155 e. The van der Waals surface area contributed by atoms with Crippen molar-refractivity contribution in [2.24, 2.45) is 7.05 Å². The number of nitrogens with zero attached hydrogens (tertiary/aromatic N) is 5. The normalized spacial score (nSPS) is 16.8. The van der Waals surface area contributed by atoms with E-state index in [1.807, 2.05) is 55.1 Å². The lowest BCUT2D eigenvalue weighted by molar-refractivity contribution is -0.122. The number of ketones is 1. The molecule has 0 radical (unpaired) electrons. The monoisotopic (exact) mass is 385 g/mol. The molecule has 0 amide bonds. The van der Waals surface area contributed by atoms with Crippen molar-refractivity contribution in [3.63, 3.8) is 0 Å². The highest BCUT2D eigenvalue weighted by atomic mass is 16.1. The number of aromatic nitrogens is 2. The van der Waals surface area contributed by atoms with Crippen LogP contribution in [0.1, 0.15) is 30.9 Å². The van der Waals surface area contributed by atoms with Crippen molar-refractivity contribution < 1.29 is 4.79 Å². The van der Waals surface area contributed by atoms with Crippen LogP contribution in [0.25, 0.3) is 16.6 Å². The van der Waals surface area contributed by atoms with Gasteiger partial charge >= 0.3 is 0 Å². The molecule has 29 heavy (non-hydrogen) atoms. The summed E-state index contributed by atoms with van der Waals surface area (Å²) in [4.78, 5) is 12.8. The van der Waals surface area contributed by atoms with E-state index in [1.165, 1.54) is 0 Å². The first-order valence-electron chi connectivity index (χ1n) is 9.73. The molecule has 2 heterocycles. The highest BCUT2D eigenvalue weighted by Crippen LogP contribution is 2.36. The van der Waals surface area contributed by atoms with E-state index in [-0.39, 0.29) is 11.8 Å². The molecule has 0 fully saturated rings. The number of likely N-dealkylation sites (N-methyl/N-ethyl adjacent to an activating group) is 1. The number of carbonyl (C=O) groups is 1. The third kappa shape index (κ3) is 3.30. The third-order valence-corrected chi connectivity index (χ3v) is 5.37. The Morgan fingerprint density at radius 2 is 1.93 bits per heavy atom. The molecule has 2 aromatic carbocycles. The van der Waals surface area contributed by atoms with E-state index in [4.69, 9.17) is 5.26 Å². The summed E-state index contributed by atoms with van der Waals surface area (Å²) >= 11 is 0. The molecule has 0 bridgehead atoms. The number of fused-ring (bicyclic) bond motifs is 1. The van der Waals surface area contributed by atoms with Crippen molar-refractivity contribution in [1.29, 1.82) is 5.26 Å². The average molecular weight is 385 g/mol. The summed E-state index contributed by atoms with van der Waals surface area (Å²) in [6, 6.07) is 15.5. The summed E-state index contributed by atoms with van der Waals surface area (Å²) in [5.74, 6) is 0.200. The highest BCUT2D eigenvalue weighted by molar-refractivity contribution is 5.94. The van der Waals surface area contributed by atoms with Crippen molar-refractivity contribution in [3.05, 3.63) is 65.9 Å². The second kappa shape index (κ2) is 7.53. The van der Waals surface area contributed by atoms with Gasteiger partial charge in [-0.3, -0.25) is 14.5 Å². The van der Waals surface area contributed by atoms with E-state index in [9.17, 15) is 4.79 Å². The van der Waals surface area contributed by atoms with Crippen molar-refractivity contribution in [1.82, 2.24) is 14.8 Å². The summed E-state index contributed by atoms with van der Waals surface area (Å²) < 4.78 is 1.85. The second-order valence-corrected chi connectivity index (χ2v) is 7.30. The Kier molecular flexibility index (Phi) is 4.91. The van der Waals surface area contributed by atoms with Crippen LogP contribution in [0, 0.1) is 11.3 Å². The summed E-state index contributed by atoms with van der Waals surface area (Å²) in [6.45, 7) is 2.02. The molecule has 1 unspecified atom stereocenters. The van der Waals surface area contributed by atoms with Gasteiger partial charge in [-0.25, -0.2) is 5.01 Å². The standard InChI is InChI=1S/C23H23N5O/c1-4-5-23(29)22-13-21(17-8-11-20-18(12-17)15-25-26(20)2)28(27(22)3)19-9-6-16(14-24)7-10-19/h6-13,15,22H,4-5H2,1-3H3. The molecule has 0 saturated carbocycles. The molecule has 0 N–H and O–H groups in total. The van der Waals surface area contributed by atoms with Crippen LogP contribution in [-0.4, -0.2) is 33.7 Å². The number of aryl methyl sites for hydroxylation is 1. The topological polar surface area (TPSA) is 65.2 Å². The lowest BCUT2D eigenvalue weighted by Gasteiger charge is -2.32. The molecular weight excluding hydrogens is 362 g/mol. The first kappa shape index (κ1) is 18.9.